The van der Waals surface area contributed by atoms with Crippen molar-refractivity contribution < 1.29 is 9.22 Å². The van der Waals surface area contributed by atoms with E-state index >= 15 is 0 Å². The summed E-state index contributed by atoms with van der Waals surface area (Å²) in [5, 5.41) is 9.28. The molecule has 0 unspecified atom stereocenters. The summed E-state index contributed by atoms with van der Waals surface area (Å²) in [4.78, 5) is 0. The molecule has 1 aliphatic carbocycles. The van der Waals surface area contributed by atoms with Gasteiger partial charge in [-0.15, -0.1) is 6.42 Å². The molecule has 0 aromatic heterocycles. The van der Waals surface area contributed by atoms with E-state index in [2.05, 4.69) is 5.92 Å². The van der Waals surface area contributed by atoms with Gasteiger partial charge < -0.3 is 5.11 Å². The van der Waals surface area contributed by atoms with Crippen LogP contribution in [-0.2, 0) is 0 Å². The highest BCUT2D eigenvalue weighted by molar-refractivity contribution is 5.32. The summed E-state index contributed by atoms with van der Waals surface area (Å²) in [6.07, 6.45) is 5.90. The average Bonchev–Trinajstić information content (AvgIpc) is 2.01. The molecule has 0 aromatic carbocycles. The van der Waals surface area contributed by atoms with Gasteiger partial charge in [0.1, 0.15) is 0 Å². The number of allylic oxidation sites excluding steroid dienone is 1. The van der Waals surface area contributed by atoms with Crippen LogP contribution in [0.1, 0.15) is 30.2 Å². The van der Waals surface area contributed by atoms with Crippen LogP contribution in [0.3, 0.4) is 0 Å². The summed E-state index contributed by atoms with van der Waals surface area (Å²) in [5.74, 6) is 2.35. The van der Waals surface area contributed by atoms with Crippen molar-refractivity contribution in [1.29, 1.82) is 0 Å². The van der Waals surface area contributed by atoms with Crippen molar-refractivity contribution >= 4 is 0 Å². The minimum atomic E-state index is -2.10. The number of hydrogen-bond acceptors (Lipinski definition) is 1. The third-order valence-corrected chi connectivity index (χ3v) is 1.71. The van der Waals surface area contributed by atoms with Crippen molar-refractivity contribution in [3.8, 4) is 12.3 Å². The van der Waals surface area contributed by atoms with Crippen molar-refractivity contribution in [2.75, 3.05) is 0 Å². The molecule has 10 heavy (non-hydrogen) atoms. The Hall–Kier alpha value is -0.740. The second kappa shape index (κ2) is 2.90. The zero-order valence-electron chi connectivity index (χ0n) is 8.72. The molecule has 1 nitrogen and oxygen atoms in total. The summed E-state index contributed by atoms with van der Waals surface area (Å²) in [5.41, 5.74) is 0.805. The Bertz CT molecular complexity index is 270. The minimum Gasteiger partial charge on any atom is -0.393 e. The zero-order chi connectivity index (χ0) is 10.1. The van der Waals surface area contributed by atoms with Gasteiger partial charge in [-0.1, -0.05) is 11.5 Å². The van der Waals surface area contributed by atoms with Crippen molar-refractivity contribution in [2.45, 2.75) is 32.2 Å². The summed E-state index contributed by atoms with van der Waals surface area (Å²) in [7, 11) is 0. The Morgan fingerprint density at radius 1 is 1.90 bits per heavy atom. The van der Waals surface area contributed by atoms with Gasteiger partial charge in [-0.3, -0.25) is 0 Å². The fourth-order valence-corrected chi connectivity index (χ4v) is 1.07. The van der Waals surface area contributed by atoms with E-state index in [1.807, 2.05) is 0 Å². The first kappa shape index (κ1) is 4.20. The molecule has 1 atom stereocenters. The maximum absolute atomic E-state index is 9.28. The molecular formula is C9H12O. The molecule has 0 aromatic rings. The summed E-state index contributed by atoms with van der Waals surface area (Å²) in [6, 6.07) is 0. The fraction of sp³-hybridized carbons (Fsp3) is 0.556. The Morgan fingerprint density at radius 3 is 3.30 bits per heavy atom. The van der Waals surface area contributed by atoms with Crippen LogP contribution in [0, 0.1) is 12.3 Å². The molecular weight excluding hydrogens is 124 g/mol. The smallest absolute Gasteiger partial charge is 0.0589 e. The van der Waals surface area contributed by atoms with Crippen LogP contribution in [0.4, 0.5) is 0 Å². The second-order valence-electron chi connectivity index (χ2n) is 2.50. The highest BCUT2D eigenvalue weighted by Crippen LogP contribution is 2.23. The Labute approximate surface area is 66.0 Å². The van der Waals surface area contributed by atoms with Crippen LogP contribution >= 0.6 is 0 Å². The van der Waals surface area contributed by atoms with Gasteiger partial charge in [0.2, 0.25) is 0 Å². The van der Waals surface area contributed by atoms with Crippen LogP contribution in [0.25, 0.3) is 0 Å². The lowest BCUT2D eigenvalue weighted by Gasteiger charge is -2.18. The minimum absolute atomic E-state index is 0.310. The molecule has 1 heteroatoms. The first-order valence-electron chi connectivity index (χ1n) is 4.82. The largest absolute Gasteiger partial charge is 0.393 e. The lowest BCUT2D eigenvalue weighted by atomic mass is 9.91. The normalized spacial score (nSPS) is 32.0. The highest BCUT2D eigenvalue weighted by atomic mass is 16.3. The molecule has 0 fully saturated rings. The van der Waals surface area contributed by atoms with Crippen molar-refractivity contribution in [3.63, 3.8) is 0 Å². The third-order valence-electron chi connectivity index (χ3n) is 1.71. The monoisotopic (exact) mass is 139 g/mol. The SMILES string of the molecule is [2H]C([2H])([2H])C1=C(C#C)C[C@@H](O)CC1. The van der Waals surface area contributed by atoms with Crippen molar-refractivity contribution in [3.05, 3.63) is 11.1 Å². The van der Waals surface area contributed by atoms with Crippen LogP contribution in [0.5, 0.6) is 0 Å². The molecule has 0 bridgehead atoms. The van der Waals surface area contributed by atoms with E-state index in [-0.39, 0.29) is 0 Å². The molecule has 0 saturated heterocycles. The Kier molecular flexibility index (Phi) is 1.22. The van der Waals surface area contributed by atoms with E-state index in [4.69, 9.17) is 10.5 Å². The lowest BCUT2D eigenvalue weighted by molar-refractivity contribution is 0.160. The molecule has 0 heterocycles. The topological polar surface area (TPSA) is 20.2 Å². The van der Waals surface area contributed by atoms with E-state index in [1.165, 1.54) is 0 Å². The van der Waals surface area contributed by atoms with Gasteiger partial charge in [0.25, 0.3) is 0 Å². The lowest BCUT2D eigenvalue weighted by Crippen LogP contribution is -2.13. The predicted octanol–water partition coefficient (Wildman–Crippen LogP) is 1.48. The average molecular weight is 139 g/mol. The summed E-state index contributed by atoms with van der Waals surface area (Å²) >= 11 is 0. The first-order chi connectivity index (χ1) is 5.95. The summed E-state index contributed by atoms with van der Waals surface area (Å²) in [6.45, 7) is -2.10. The van der Waals surface area contributed by atoms with Crippen LogP contribution in [0.2, 0.25) is 0 Å². The molecule has 0 aliphatic heterocycles. The van der Waals surface area contributed by atoms with E-state index in [9.17, 15) is 5.11 Å². The van der Waals surface area contributed by atoms with Gasteiger partial charge in [-0.25, -0.2) is 0 Å². The number of rotatable bonds is 0. The highest BCUT2D eigenvalue weighted by Gasteiger charge is 2.14. The Morgan fingerprint density at radius 2 is 2.70 bits per heavy atom. The fourth-order valence-electron chi connectivity index (χ4n) is 1.07. The molecule has 1 N–H and O–H groups in total. The van der Waals surface area contributed by atoms with Crippen molar-refractivity contribution in [1.82, 2.24) is 0 Å². The molecule has 0 amide bonds. The predicted molar refractivity (Wildman–Crippen MR) is 41.4 cm³/mol. The van der Waals surface area contributed by atoms with Gasteiger partial charge in [-0.2, -0.15) is 0 Å². The maximum Gasteiger partial charge on any atom is 0.0589 e. The molecule has 0 spiro atoms. The standard InChI is InChI=1S/C9H12O/c1-3-8-6-9(10)5-4-7(8)2/h1,9-10H,4-6H2,2H3/t9-/m0/s1/i2D3. The van der Waals surface area contributed by atoms with Gasteiger partial charge in [0.05, 0.1) is 6.10 Å². The maximum atomic E-state index is 9.28. The number of aliphatic hydroxyl groups excluding tert-OH is 1. The zero-order valence-corrected chi connectivity index (χ0v) is 5.72. The molecule has 1 rings (SSSR count). The van der Waals surface area contributed by atoms with E-state index < -0.39 is 13.0 Å². The van der Waals surface area contributed by atoms with Crippen LogP contribution in [-0.4, -0.2) is 11.2 Å². The molecule has 1 aliphatic rings. The van der Waals surface area contributed by atoms with Crippen molar-refractivity contribution in [2.24, 2.45) is 0 Å². The van der Waals surface area contributed by atoms with Gasteiger partial charge >= 0.3 is 0 Å². The number of terminal acetylenes is 1. The van der Waals surface area contributed by atoms with Crippen LogP contribution in [0.15, 0.2) is 11.1 Å². The quantitative estimate of drug-likeness (QED) is 0.504. The second-order valence-corrected chi connectivity index (χ2v) is 2.50. The number of hydrogen-bond donors (Lipinski definition) is 1. The van der Waals surface area contributed by atoms with E-state index in [1.54, 1.807) is 0 Å². The Balaban J connectivity index is 2.99. The van der Waals surface area contributed by atoms with Gasteiger partial charge in [0, 0.05) is 16.1 Å². The first-order valence-corrected chi connectivity index (χ1v) is 3.32. The van der Waals surface area contributed by atoms with E-state index in [0.717, 1.165) is 0 Å². The molecule has 0 radical (unpaired) electrons. The molecule has 0 saturated carbocycles. The number of aliphatic hydroxyl groups is 1. The summed E-state index contributed by atoms with van der Waals surface area (Å²) < 4.78 is 21.7. The third kappa shape index (κ3) is 1.40. The van der Waals surface area contributed by atoms with Gasteiger partial charge in [-0.05, 0) is 19.7 Å². The molecule has 54 valence electrons. The van der Waals surface area contributed by atoms with Gasteiger partial charge in [0.15, 0.2) is 0 Å². The van der Waals surface area contributed by atoms with E-state index in [0.29, 0.717) is 30.4 Å². The van der Waals surface area contributed by atoms with Crippen LogP contribution < -0.4 is 0 Å².